The molecule has 0 bridgehead atoms. The SMILES string of the molecule is CCC1(N)CN(c2ccc3nccnc3n2)C1. The zero-order chi connectivity index (χ0) is 11.9. The van der Waals surface area contributed by atoms with Gasteiger partial charge in [0.25, 0.3) is 0 Å². The zero-order valence-electron chi connectivity index (χ0n) is 9.80. The Morgan fingerprint density at radius 1 is 1.29 bits per heavy atom. The molecule has 0 aliphatic carbocycles. The lowest BCUT2D eigenvalue weighted by molar-refractivity contribution is 0.320. The summed E-state index contributed by atoms with van der Waals surface area (Å²) >= 11 is 0. The van der Waals surface area contributed by atoms with Crippen LogP contribution >= 0.6 is 0 Å². The Kier molecular flexibility index (Phi) is 2.22. The van der Waals surface area contributed by atoms with Gasteiger partial charge in [-0.05, 0) is 18.6 Å². The maximum absolute atomic E-state index is 6.15. The van der Waals surface area contributed by atoms with E-state index in [9.17, 15) is 0 Å². The molecule has 2 aromatic rings. The van der Waals surface area contributed by atoms with Gasteiger partial charge in [0.05, 0.1) is 5.54 Å². The number of hydrogen-bond acceptors (Lipinski definition) is 5. The predicted octanol–water partition coefficient (Wildman–Crippen LogP) is 0.952. The first kappa shape index (κ1) is 10.4. The molecule has 0 amide bonds. The lowest BCUT2D eigenvalue weighted by Gasteiger charge is -2.48. The summed E-state index contributed by atoms with van der Waals surface area (Å²) in [4.78, 5) is 15.1. The molecule has 5 heteroatoms. The monoisotopic (exact) mass is 229 g/mol. The van der Waals surface area contributed by atoms with Crippen molar-refractivity contribution in [3.8, 4) is 0 Å². The van der Waals surface area contributed by atoms with E-state index >= 15 is 0 Å². The van der Waals surface area contributed by atoms with Crippen molar-refractivity contribution < 1.29 is 0 Å². The lowest BCUT2D eigenvalue weighted by Crippen LogP contribution is -2.67. The van der Waals surface area contributed by atoms with Gasteiger partial charge in [-0.15, -0.1) is 0 Å². The molecular weight excluding hydrogens is 214 g/mol. The molecule has 0 aromatic carbocycles. The standard InChI is InChI=1S/C12H15N5/c1-2-12(13)7-17(8-12)10-4-3-9-11(16-10)15-6-5-14-9/h3-6H,2,7-8,13H2,1H3. The van der Waals surface area contributed by atoms with Gasteiger partial charge in [0.2, 0.25) is 0 Å². The van der Waals surface area contributed by atoms with Gasteiger partial charge in [0.15, 0.2) is 5.65 Å². The van der Waals surface area contributed by atoms with Crippen LogP contribution in [0, 0.1) is 0 Å². The highest BCUT2D eigenvalue weighted by Crippen LogP contribution is 2.27. The second kappa shape index (κ2) is 3.63. The molecule has 1 saturated heterocycles. The Morgan fingerprint density at radius 3 is 2.82 bits per heavy atom. The fourth-order valence-electron chi connectivity index (χ4n) is 2.12. The molecule has 17 heavy (non-hydrogen) atoms. The molecule has 0 saturated carbocycles. The van der Waals surface area contributed by atoms with E-state index in [1.54, 1.807) is 12.4 Å². The van der Waals surface area contributed by atoms with Crippen LogP contribution in [0.1, 0.15) is 13.3 Å². The second-order valence-electron chi connectivity index (χ2n) is 4.64. The highest BCUT2D eigenvalue weighted by Gasteiger charge is 2.38. The number of fused-ring (bicyclic) bond motifs is 1. The number of rotatable bonds is 2. The van der Waals surface area contributed by atoms with Crippen LogP contribution in [0.2, 0.25) is 0 Å². The normalized spacial score (nSPS) is 18.1. The Hall–Kier alpha value is -1.75. The maximum Gasteiger partial charge on any atom is 0.180 e. The van der Waals surface area contributed by atoms with Crippen LogP contribution in [-0.4, -0.2) is 33.6 Å². The molecular formula is C12H15N5. The van der Waals surface area contributed by atoms with Crippen LogP contribution in [0.25, 0.3) is 11.2 Å². The summed E-state index contributed by atoms with van der Waals surface area (Å²) in [5.41, 5.74) is 7.62. The smallest absolute Gasteiger partial charge is 0.180 e. The predicted molar refractivity (Wildman–Crippen MR) is 66.8 cm³/mol. The second-order valence-corrected chi connectivity index (χ2v) is 4.64. The molecule has 2 aromatic heterocycles. The van der Waals surface area contributed by atoms with E-state index in [0.29, 0.717) is 5.65 Å². The molecule has 1 aliphatic rings. The van der Waals surface area contributed by atoms with Crippen molar-refractivity contribution >= 4 is 17.0 Å². The number of pyridine rings is 1. The van der Waals surface area contributed by atoms with E-state index in [2.05, 4.69) is 26.8 Å². The first-order valence-electron chi connectivity index (χ1n) is 5.82. The number of aromatic nitrogens is 3. The first-order chi connectivity index (χ1) is 8.20. The molecule has 3 rings (SSSR count). The summed E-state index contributed by atoms with van der Waals surface area (Å²) in [5, 5.41) is 0. The Bertz CT molecular complexity index is 547. The van der Waals surface area contributed by atoms with Gasteiger partial charge in [-0.2, -0.15) is 0 Å². The molecule has 0 unspecified atom stereocenters. The van der Waals surface area contributed by atoms with E-state index in [0.717, 1.165) is 30.8 Å². The van der Waals surface area contributed by atoms with E-state index in [1.807, 2.05) is 12.1 Å². The van der Waals surface area contributed by atoms with Crippen LogP contribution in [0.5, 0.6) is 0 Å². The molecule has 1 aliphatic heterocycles. The van der Waals surface area contributed by atoms with Crippen molar-refractivity contribution in [1.29, 1.82) is 0 Å². The number of nitrogens with two attached hydrogens (primary N) is 1. The summed E-state index contributed by atoms with van der Waals surface area (Å²) in [6.07, 6.45) is 4.33. The molecule has 5 nitrogen and oxygen atoms in total. The van der Waals surface area contributed by atoms with E-state index in [4.69, 9.17) is 5.73 Å². The Balaban J connectivity index is 1.88. The summed E-state index contributed by atoms with van der Waals surface area (Å²) in [6.45, 7) is 3.85. The largest absolute Gasteiger partial charge is 0.353 e. The summed E-state index contributed by atoms with van der Waals surface area (Å²) in [6, 6.07) is 3.93. The first-order valence-corrected chi connectivity index (χ1v) is 5.82. The van der Waals surface area contributed by atoms with Gasteiger partial charge in [-0.25, -0.2) is 9.97 Å². The van der Waals surface area contributed by atoms with Crippen molar-refractivity contribution in [2.75, 3.05) is 18.0 Å². The number of anilines is 1. The van der Waals surface area contributed by atoms with Gasteiger partial charge in [-0.3, -0.25) is 4.98 Å². The molecule has 88 valence electrons. The lowest BCUT2D eigenvalue weighted by atomic mass is 9.88. The average molecular weight is 229 g/mol. The molecule has 0 radical (unpaired) electrons. The van der Waals surface area contributed by atoms with Gasteiger partial charge >= 0.3 is 0 Å². The van der Waals surface area contributed by atoms with Gasteiger partial charge in [0, 0.05) is 25.5 Å². The molecule has 1 fully saturated rings. The highest BCUT2D eigenvalue weighted by molar-refractivity contribution is 5.72. The Labute approximate surface area is 99.7 Å². The fourth-order valence-corrected chi connectivity index (χ4v) is 2.12. The van der Waals surface area contributed by atoms with Crippen molar-refractivity contribution in [3.05, 3.63) is 24.5 Å². The van der Waals surface area contributed by atoms with Crippen LogP contribution in [0.4, 0.5) is 5.82 Å². The number of nitrogens with zero attached hydrogens (tertiary/aromatic N) is 4. The van der Waals surface area contributed by atoms with Crippen molar-refractivity contribution in [2.45, 2.75) is 18.9 Å². The van der Waals surface area contributed by atoms with Crippen LogP contribution in [0.3, 0.4) is 0 Å². The minimum atomic E-state index is -0.0427. The van der Waals surface area contributed by atoms with Crippen molar-refractivity contribution in [2.24, 2.45) is 5.73 Å². The molecule has 0 atom stereocenters. The zero-order valence-corrected chi connectivity index (χ0v) is 9.80. The van der Waals surface area contributed by atoms with Crippen molar-refractivity contribution in [3.63, 3.8) is 0 Å². The van der Waals surface area contributed by atoms with E-state index < -0.39 is 0 Å². The van der Waals surface area contributed by atoms with Gasteiger partial charge in [-0.1, -0.05) is 6.92 Å². The van der Waals surface area contributed by atoms with Crippen LogP contribution in [-0.2, 0) is 0 Å². The summed E-state index contributed by atoms with van der Waals surface area (Å²) in [7, 11) is 0. The third-order valence-electron chi connectivity index (χ3n) is 3.36. The number of hydrogen-bond donors (Lipinski definition) is 1. The summed E-state index contributed by atoms with van der Waals surface area (Å²) < 4.78 is 0. The Morgan fingerprint density at radius 2 is 2.06 bits per heavy atom. The van der Waals surface area contributed by atoms with Gasteiger partial charge < -0.3 is 10.6 Å². The molecule has 0 spiro atoms. The minimum Gasteiger partial charge on any atom is -0.353 e. The highest BCUT2D eigenvalue weighted by atomic mass is 15.3. The van der Waals surface area contributed by atoms with Crippen LogP contribution in [0.15, 0.2) is 24.5 Å². The topological polar surface area (TPSA) is 67.9 Å². The third kappa shape index (κ3) is 1.72. The van der Waals surface area contributed by atoms with Crippen molar-refractivity contribution in [1.82, 2.24) is 15.0 Å². The third-order valence-corrected chi connectivity index (χ3v) is 3.36. The average Bonchev–Trinajstić information content (AvgIpc) is 2.34. The van der Waals surface area contributed by atoms with E-state index in [-0.39, 0.29) is 5.54 Å². The summed E-state index contributed by atoms with van der Waals surface area (Å²) in [5.74, 6) is 0.938. The van der Waals surface area contributed by atoms with E-state index in [1.165, 1.54) is 0 Å². The molecule has 2 N–H and O–H groups in total. The fraction of sp³-hybridized carbons (Fsp3) is 0.417. The van der Waals surface area contributed by atoms with Crippen LogP contribution < -0.4 is 10.6 Å². The van der Waals surface area contributed by atoms with Gasteiger partial charge in [0.1, 0.15) is 11.3 Å². The molecule has 3 heterocycles. The quantitative estimate of drug-likeness (QED) is 0.830. The maximum atomic E-state index is 6.15. The minimum absolute atomic E-state index is 0.0427.